The first-order chi connectivity index (χ1) is 14.6. The zero-order valence-electron chi connectivity index (χ0n) is 15.7. The van der Waals surface area contributed by atoms with E-state index in [0.717, 1.165) is 28.2 Å². The molecule has 0 aliphatic carbocycles. The lowest BCUT2D eigenvalue weighted by Crippen LogP contribution is -2.33. The van der Waals surface area contributed by atoms with Crippen LogP contribution in [0, 0.1) is 5.82 Å². The number of hydrazone groups is 1. The summed E-state index contributed by atoms with van der Waals surface area (Å²) in [6.45, 7) is -2.88. The van der Waals surface area contributed by atoms with Gasteiger partial charge in [0.05, 0.1) is 11.8 Å². The molecule has 5 rings (SSSR count). The van der Waals surface area contributed by atoms with Gasteiger partial charge in [-0.1, -0.05) is 30.3 Å². The summed E-state index contributed by atoms with van der Waals surface area (Å²) in [4.78, 5) is 0. The molecule has 3 aromatic rings. The highest BCUT2D eigenvalue weighted by atomic mass is 19.3. The van der Waals surface area contributed by atoms with E-state index in [1.807, 2.05) is 29.3 Å². The largest absolute Gasteiger partial charge is 0.464 e. The molecule has 0 spiro atoms. The molecular weight excluding hydrogens is 393 g/mol. The zero-order chi connectivity index (χ0) is 20.7. The molecule has 2 aliphatic heterocycles. The molecule has 2 unspecified atom stereocenters. The topological polar surface area (TPSA) is 34.1 Å². The first-order valence-corrected chi connectivity index (χ1v) is 9.50. The number of para-hydroxylation sites is 1. The molecule has 0 bridgehead atoms. The van der Waals surface area contributed by atoms with Gasteiger partial charge in [0, 0.05) is 17.5 Å². The van der Waals surface area contributed by atoms with Gasteiger partial charge in [0.1, 0.15) is 17.3 Å². The second kappa shape index (κ2) is 7.40. The molecule has 0 saturated heterocycles. The zero-order valence-corrected chi connectivity index (χ0v) is 15.7. The smallest absolute Gasteiger partial charge is 0.387 e. The Hall–Kier alpha value is -3.48. The monoisotopic (exact) mass is 410 g/mol. The Kier molecular flexibility index (Phi) is 4.58. The second-order valence-electron chi connectivity index (χ2n) is 7.11. The fourth-order valence-corrected chi connectivity index (χ4v) is 3.88. The molecule has 0 fully saturated rings. The van der Waals surface area contributed by atoms with Crippen molar-refractivity contribution in [3.8, 4) is 11.5 Å². The lowest BCUT2D eigenvalue weighted by molar-refractivity contribution is -0.0499. The predicted octanol–water partition coefficient (Wildman–Crippen LogP) is 5.67. The summed E-state index contributed by atoms with van der Waals surface area (Å²) in [6.07, 6.45) is 0.123. The fourth-order valence-electron chi connectivity index (χ4n) is 3.88. The van der Waals surface area contributed by atoms with Gasteiger partial charge >= 0.3 is 6.61 Å². The number of alkyl halides is 2. The molecule has 152 valence electrons. The first kappa shape index (κ1) is 18.5. The van der Waals surface area contributed by atoms with E-state index in [-0.39, 0.29) is 17.6 Å². The van der Waals surface area contributed by atoms with Crippen LogP contribution in [0.25, 0.3) is 0 Å². The van der Waals surface area contributed by atoms with Crippen LogP contribution in [0.1, 0.15) is 35.4 Å². The van der Waals surface area contributed by atoms with Gasteiger partial charge in [-0.2, -0.15) is 13.9 Å². The number of rotatable bonds is 4. The second-order valence-corrected chi connectivity index (χ2v) is 7.11. The maximum absolute atomic E-state index is 13.3. The summed E-state index contributed by atoms with van der Waals surface area (Å²) in [6, 6.07) is 20.3. The molecule has 2 atom stereocenters. The van der Waals surface area contributed by atoms with E-state index in [2.05, 4.69) is 4.74 Å². The van der Waals surface area contributed by atoms with Gasteiger partial charge in [0.2, 0.25) is 6.23 Å². The van der Waals surface area contributed by atoms with Gasteiger partial charge in [-0.3, -0.25) is 0 Å². The summed E-state index contributed by atoms with van der Waals surface area (Å²) >= 11 is 0. The summed E-state index contributed by atoms with van der Waals surface area (Å²) in [5, 5.41) is 6.67. The number of hydrogen-bond donors (Lipinski definition) is 0. The van der Waals surface area contributed by atoms with E-state index in [4.69, 9.17) is 9.84 Å². The van der Waals surface area contributed by atoms with Crippen LogP contribution in [-0.4, -0.2) is 17.3 Å². The van der Waals surface area contributed by atoms with Crippen LogP contribution in [0.4, 0.5) is 13.2 Å². The van der Waals surface area contributed by atoms with Crippen molar-refractivity contribution in [3.05, 3.63) is 95.3 Å². The van der Waals surface area contributed by atoms with Crippen LogP contribution < -0.4 is 9.47 Å². The van der Waals surface area contributed by atoms with Gasteiger partial charge < -0.3 is 9.47 Å². The number of fused-ring (bicyclic) bond motifs is 3. The van der Waals surface area contributed by atoms with Crippen molar-refractivity contribution in [2.24, 2.45) is 5.10 Å². The molecule has 4 nitrogen and oxygen atoms in total. The Morgan fingerprint density at radius 1 is 0.967 bits per heavy atom. The molecule has 0 aromatic heterocycles. The third-order valence-corrected chi connectivity index (χ3v) is 5.27. The number of hydrogen-bond acceptors (Lipinski definition) is 4. The quantitative estimate of drug-likeness (QED) is 0.556. The minimum atomic E-state index is -2.88. The van der Waals surface area contributed by atoms with Crippen LogP contribution >= 0.6 is 0 Å². The fraction of sp³-hybridized carbons (Fsp3) is 0.174. The third-order valence-electron chi connectivity index (χ3n) is 5.27. The maximum Gasteiger partial charge on any atom is 0.387 e. The molecule has 2 heterocycles. The van der Waals surface area contributed by atoms with Crippen molar-refractivity contribution in [1.82, 2.24) is 5.01 Å². The van der Waals surface area contributed by atoms with E-state index >= 15 is 0 Å². The van der Waals surface area contributed by atoms with Crippen molar-refractivity contribution in [2.45, 2.75) is 25.3 Å². The van der Waals surface area contributed by atoms with E-state index in [9.17, 15) is 13.2 Å². The lowest BCUT2D eigenvalue weighted by atomic mass is 9.96. The van der Waals surface area contributed by atoms with Gasteiger partial charge in [-0.15, -0.1) is 0 Å². The average molecular weight is 410 g/mol. The average Bonchev–Trinajstić information content (AvgIpc) is 3.20. The van der Waals surface area contributed by atoms with E-state index in [0.29, 0.717) is 6.42 Å². The van der Waals surface area contributed by atoms with Crippen molar-refractivity contribution in [3.63, 3.8) is 0 Å². The number of nitrogens with zero attached hydrogens (tertiary/aromatic N) is 2. The summed E-state index contributed by atoms with van der Waals surface area (Å²) in [5.74, 6) is 0.540. The molecule has 7 heteroatoms. The Morgan fingerprint density at radius 2 is 1.70 bits per heavy atom. The maximum atomic E-state index is 13.3. The Balaban J connectivity index is 1.51. The minimum Gasteiger partial charge on any atom is -0.464 e. The van der Waals surface area contributed by atoms with E-state index < -0.39 is 12.8 Å². The first-order valence-electron chi connectivity index (χ1n) is 9.50. The van der Waals surface area contributed by atoms with Crippen molar-refractivity contribution in [2.75, 3.05) is 0 Å². The van der Waals surface area contributed by atoms with E-state index in [1.54, 1.807) is 24.3 Å². The summed E-state index contributed by atoms with van der Waals surface area (Å²) in [7, 11) is 0. The van der Waals surface area contributed by atoms with Gasteiger partial charge in [0.15, 0.2) is 0 Å². The number of ether oxygens (including phenoxy) is 2. The van der Waals surface area contributed by atoms with Crippen LogP contribution in [-0.2, 0) is 0 Å². The molecule has 3 aromatic carbocycles. The Labute approximate surface area is 171 Å². The summed E-state index contributed by atoms with van der Waals surface area (Å²) < 4.78 is 48.9. The highest BCUT2D eigenvalue weighted by molar-refractivity contribution is 6.01. The van der Waals surface area contributed by atoms with E-state index in [1.165, 1.54) is 24.3 Å². The lowest BCUT2D eigenvalue weighted by Gasteiger charge is -2.38. The molecule has 0 amide bonds. The van der Waals surface area contributed by atoms with Crippen LogP contribution in [0.3, 0.4) is 0 Å². The SMILES string of the molecule is Fc1ccc(C2=NN3C(C2)c2ccccc2OC3c2ccc(OC(F)F)cc2)cc1. The Morgan fingerprint density at radius 3 is 2.43 bits per heavy atom. The summed E-state index contributed by atoms with van der Waals surface area (Å²) in [5.41, 5.74) is 3.47. The van der Waals surface area contributed by atoms with Crippen molar-refractivity contribution in [1.29, 1.82) is 0 Å². The number of halogens is 3. The Bertz CT molecular complexity index is 1080. The molecular formula is C23H17F3N2O2. The van der Waals surface area contributed by atoms with Crippen molar-refractivity contribution >= 4 is 5.71 Å². The number of benzene rings is 3. The molecule has 0 radical (unpaired) electrons. The highest BCUT2D eigenvalue weighted by Crippen LogP contribution is 2.47. The minimum absolute atomic E-state index is 0.0445. The van der Waals surface area contributed by atoms with Crippen LogP contribution in [0.15, 0.2) is 77.9 Å². The van der Waals surface area contributed by atoms with Crippen LogP contribution in [0.5, 0.6) is 11.5 Å². The normalized spacial score (nSPS) is 19.7. The van der Waals surface area contributed by atoms with Gasteiger partial charge in [-0.25, -0.2) is 9.40 Å². The highest BCUT2D eigenvalue weighted by Gasteiger charge is 2.40. The predicted molar refractivity (Wildman–Crippen MR) is 105 cm³/mol. The molecule has 2 aliphatic rings. The molecule has 30 heavy (non-hydrogen) atoms. The third kappa shape index (κ3) is 3.36. The van der Waals surface area contributed by atoms with Gasteiger partial charge in [-0.05, 0) is 48.0 Å². The van der Waals surface area contributed by atoms with Gasteiger partial charge in [0.25, 0.3) is 0 Å². The molecule has 0 N–H and O–H groups in total. The van der Waals surface area contributed by atoms with Crippen molar-refractivity contribution < 1.29 is 22.6 Å². The molecule has 0 saturated carbocycles. The van der Waals surface area contributed by atoms with Crippen LogP contribution in [0.2, 0.25) is 0 Å². The standard InChI is InChI=1S/C23H17F3N2O2/c24-16-9-5-14(6-10-16)19-13-20-18-3-1-2-4-21(18)30-22(28(20)27-19)15-7-11-17(12-8-15)29-23(25)26/h1-12,20,22-23H,13H2.